The van der Waals surface area contributed by atoms with Crippen LogP contribution < -0.4 is 0 Å². The van der Waals surface area contributed by atoms with Gasteiger partial charge in [0.05, 0.1) is 0 Å². The van der Waals surface area contributed by atoms with Crippen LogP contribution in [-0.4, -0.2) is 5.33 Å². The molecular weight excluding hydrogens is 207 g/mol. The molecule has 0 fully saturated rings. The summed E-state index contributed by atoms with van der Waals surface area (Å²) in [4.78, 5) is 0. The summed E-state index contributed by atoms with van der Waals surface area (Å²) in [6, 6.07) is 5.23. The highest BCUT2D eigenvalue weighted by molar-refractivity contribution is 9.09. The van der Waals surface area contributed by atoms with Gasteiger partial charge in [-0.3, -0.25) is 0 Å². The maximum atomic E-state index is 12.7. The van der Waals surface area contributed by atoms with E-state index in [9.17, 15) is 4.39 Å². The average molecular weight is 217 g/mol. The summed E-state index contributed by atoms with van der Waals surface area (Å²) in [6.07, 6.45) is 0.959. The van der Waals surface area contributed by atoms with Gasteiger partial charge in [0, 0.05) is 5.33 Å². The van der Waals surface area contributed by atoms with Crippen molar-refractivity contribution in [2.75, 3.05) is 5.33 Å². The molecule has 0 nitrogen and oxygen atoms in total. The van der Waals surface area contributed by atoms with Crippen molar-refractivity contribution in [1.29, 1.82) is 0 Å². The Labute approximate surface area is 74.6 Å². The fourth-order valence-corrected chi connectivity index (χ4v) is 1.43. The van der Waals surface area contributed by atoms with Gasteiger partial charge in [0.1, 0.15) is 5.82 Å². The maximum Gasteiger partial charge on any atom is 0.126 e. The van der Waals surface area contributed by atoms with E-state index in [2.05, 4.69) is 15.9 Å². The summed E-state index contributed by atoms with van der Waals surface area (Å²) < 4.78 is 12.7. The van der Waals surface area contributed by atoms with Crippen LogP contribution in [0.5, 0.6) is 0 Å². The standard InChI is InChI=1S/C9H10BrF/c1-7-6-8(4-5-10)2-3-9(7)11/h2-3,6H,4-5H2,1H3. The average Bonchev–Trinajstić information content (AvgIpc) is 1.98. The number of rotatable bonds is 2. The summed E-state index contributed by atoms with van der Waals surface area (Å²) in [7, 11) is 0. The number of benzene rings is 1. The molecule has 0 unspecified atom stereocenters. The second kappa shape index (κ2) is 3.86. The van der Waals surface area contributed by atoms with Crippen molar-refractivity contribution in [3.63, 3.8) is 0 Å². The third kappa shape index (κ3) is 2.29. The van der Waals surface area contributed by atoms with Crippen LogP contribution >= 0.6 is 15.9 Å². The van der Waals surface area contributed by atoms with E-state index in [1.807, 2.05) is 12.1 Å². The molecule has 1 aromatic rings. The molecule has 0 aliphatic heterocycles. The first-order valence-electron chi connectivity index (χ1n) is 3.55. The second-order valence-corrected chi connectivity index (χ2v) is 3.32. The van der Waals surface area contributed by atoms with Crippen LogP contribution in [0.2, 0.25) is 0 Å². The molecule has 0 bridgehead atoms. The first-order valence-corrected chi connectivity index (χ1v) is 4.67. The molecule has 2 heteroatoms. The predicted molar refractivity (Wildman–Crippen MR) is 48.6 cm³/mol. The Balaban J connectivity index is 2.86. The summed E-state index contributed by atoms with van der Waals surface area (Å²) in [5.74, 6) is -0.122. The first kappa shape index (κ1) is 8.72. The van der Waals surface area contributed by atoms with Crippen molar-refractivity contribution in [3.8, 4) is 0 Å². The molecule has 0 spiro atoms. The monoisotopic (exact) mass is 216 g/mol. The molecule has 0 N–H and O–H groups in total. The van der Waals surface area contributed by atoms with Gasteiger partial charge >= 0.3 is 0 Å². The molecule has 11 heavy (non-hydrogen) atoms. The second-order valence-electron chi connectivity index (χ2n) is 2.52. The number of hydrogen-bond acceptors (Lipinski definition) is 0. The number of aryl methyl sites for hydroxylation is 2. The zero-order chi connectivity index (χ0) is 8.27. The highest BCUT2D eigenvalue weighted by Gasteiger charge is 1.97. The lowest BCUT2D eigenvalue weighted by Gasteiger charge is -1.99. The Bertz CT molecular complexity index is 245. The number of alkyl halides is 1. The summed E-state index contributed by atoms with van der Waals surface area (Å²) in [6.45, 7) is 1.78. The molecule has 0 atom stereocenters. The molecule has 0 aliphatic carbocycles. The largest absolute Gasteiger partial charge is 0.207 e. The van der Waals surface area contributed by atoms with Crippen LogP contribution in [0, 0.1) is 12.7 Å². The lowest BCUT2D eigenvalue weighted by Crippen LogP contribution is -1.88. The Kier molecular flexibility index (Phi) is 3.06. The van der Waals surface area contributed by atoms with E-state index < -0.39 is 0 Å². The molecule has 0 aliphatic rings. The minimum Gasteiger partial charge on any atom is -0.207 e. The topological polar surface area (TPSA) is 0 Å². The highest BCUT2D eigenvalue weighted by atomic mass is 79.9. The summed E-state index contributed by atoms with van der Waals surface area (Å²) >= 11 is 3.34. The Morgan fingerprint density at radius 1 is 1.45 bits per heavy atom. The highest BCUT2D eigenvalue weighted by Crippen LogP contribution is 2.10. The van der Waals surface area contributed by atoms with Crippen molar-refractivity contribution < 1.29 is 4.39 Å². The summed E-state index contributed by atoms with van der Waals surface area (Å²) in [5, 5.41) is 0.929. The zero-order valence-electron chi connectivity index (χ0n) is 6.40. The van der Waals surface area contributed by atoms with Gasteiger partial charge in [-0.2, -0.15) is 0 Å². The van der Waals surface area contributed by atoms with Gasteiger partial charge in [0.2, 0.25) is 0 Å². The van der Waals surface area contributed by atoms with E-state index in [4.69, 9.17) is 0 Å². The minimum absolute atomic E-state index is 0.122. The predicted octanol–water partition coefficient (Wildman–Crippen LogP) is 3.07. The third-order valence-corrected chi connectivity index (χ3v) is 2.00. The van der Waals surface area contributed by atoms with Gasteiger partial charge < -0.3 is 0 Å². The lowest BCUT2D eigenvalue weighted by atomic mass is 10.1. The van der Waals surface area contributed by atoms with Crippen molar-refractivity contribution in [2.45, 2.75) is 13.3 Å². The van der Waals surface area contributed by atoms with E-state index in [0.717, 1.165) is 17.3 Å². The molecule has 0 saturated carbocycles. The quantitative estimate of drug-likeness (QED) is 0.668. The molecule has 1 rings (SSSR count). The van der Waals surface area contributed by atoms with E-state index >= 15 is 0 Å². The van der Waals surface area contributed by atoms with Gasteiger partial charge in [-0.05, 0) is 30.5 Å². The Morgan fingerprint density at radius 2 is 2.18 bits per heavy atom. The van der Waals surface area contributed by atoms with E-state index in [1.165, 1.54) is 11.6 Å². The Hall–Kier alpha value is -0.370. The van der Waals surface area contributed by atoms with E-state index in [1.54, 1.807) is 6.92 Å². The van der Waals surface area contributed by atoms with Crippen molar-refractivity contribution in [1.82, 2.24) is 0 Å². The van der Waals surface area contributed by atoms with Gasteiger partial charge in [0.25, 0.3) is 0 Å². The van der Waals surface area contributed by atoms with Crippen LogP contribution in [0.1, 0.15) is 11.1 Å². The number of halogens is 2. The van der Waals surface area contributed by atoms with Gasteiger partial charge in [-0.1, -0.05) is 28.1 Å². The first-order chi connectivity index (χ1) is 5.24. The van der Waals surface area contributed by atoms with E-state index in [0.29, 0.717) is 0 Å². The van der Waals surface area contributed by atoms with Crippen molar-refractivity contribution in [2.24, 2.45) is 0 Å². The lowest BCUT2D eigenvalue weighted by molar-refractivity contribution is 0.617. The van der Waals surface area contributed by atoms with Gasteiger partial charge in [-0.25, -0.2) is 4.39 Å². The minimum atomic E-state index is -0.122. The normalized spacial score (nSPS) is 10.1. The smallest absolute Gasteiger partial charge is 0.126 e. The summed E-state index contributed by atoms with van der Waals surface area (Å²) in [5.41, 5.74) is 1.91. The van der Waals surface area contributed by atoms with Crippen LogP contribution in [0.15, 0.2) is 18.2 Å². The SMILES string of the molecule is Cc1cc(CCBr)ccc1F. The molecule has 60 valence electrons. The fraction of sp³-hybridized carbons (Fsp3) is 0.333. The maximum absolute atomic E-state index is 12.7. The van der Waals surface area contributed by atoms with Gasteiger partial charge in [-0.15, -0.1) is 0 Å². The Morgan fingerprint density at radius 3 is 2.73 bits per heavy atom. The molecule has 0 heterocycles. The van der Waals surface area contributed by atoms with Crippen LogP contribution in [0.25, 0.3) is 0 Å². The number of hydrogen-bond donors (Lipinski definition) is 0. The zero-order valence-corrected chi connectivity index (χ0v) is 7.99. The fourth-order valence-electron chi connectivity index (χ4n) is 0.971. The van der Waals surface area contributed by atoms with Crippen LogP contribution in [0.4, 0.5) is 4.39 Å². The molecule has 0 amide bonds. The van der Waals surface area contributed by atoms with Crippen LogP contribution in [0.3, 0.4) is 0 Å². The molecule has 0 radical (unpaired) electrons. The molecular formula is C9H10BrF. The van der Waals surface area contributed by atoms with Gasteiger partial charge in [0.15, 0.2) is 0 Å². The molecule has 0 aromatic heterocycles. The van der Waals surface area contributed by atoms with E-state index in [-0.39, 0.29) is 5.82 Å². The van der Waals surface area contributed by atoms with Crippen molar-refractivity contribution >= 4 is 15.9 Å². The third-order valence-electron chi connectivity index (χ3n) is 1.61. The van der Waals surface area contributed by atoms with Crippen molar-refractivity contribution in [3.05, 3.63) is 35.1 Å². The van der Waals surface area contributed by atoms with Crippen LogP contribution in [-0.2, 0) is 6.42 Å². The molecule has 1 aromatic carbocycles. The molecule has 0 saturated heterocycles.